The molecule has 2 amide bonds. The molecule has 0 saturated carbocycles. The van der Waals surface area contributed by atoms with Crippen LogP contribution in [-0.4, -0.2) is 54.1 Å². The van der Waals surface area contributed by atoms with Crippen LogP contribution in [0.4, 0.5) is 27.2 Å². The van der Waals surface area contributed by atoms with E-state index in [0.717, 1.165) is 24.3 Å². The first-order valence-corrected chi connectivity index (χ1v) is 13.4. The molecule has 11 heteroatoms. The van der Waals surface area contributed by atoms with Crippen molar-refractivity contribution in [1.82, 2.24) is 9.80 Å². The summed E-state index contributed by atoms with van der Waals surface area (Å²) in [5, 5.41) is 0. The zero-order valence-corrected chi connectivity index (χ0v) is 22.4. The molecule has 4 unspecified atom stereocenters. The third-order valence-corrected chi connectivity index (χ3v) is 7.66. The minimum Gasteiger partial charge on any atom is -0.450 e. The predicted octanol–water partition coefficient (Wildman–Crippen LogP) is 6.33. The van der Waals surface area contributed by atoms with E-state index >= 15 is 0 Å². The topological polar surface area (TPSA) is 76.2 Å². The number of hydrogen-bond donors (Lipinski definition) is 0. The normalized spacial score (nSPS) is 23.1. The molecule has 2 saturated heterocycles. The summed E-state index contributed by atoms with van der Waals surface area (Å²) in [6.07, 6.45) is -0.537. The molecule has 0 radical (unpaired) electrons. The number of piperidine rings is 2. The molecular weight excluding hydrogens is 532 g/mol. The van der Waals surface area contributed by atoms with Crippen LogP contribution in [0.1, 0.15) is 62.7 Å². The van der Waals surface area contributed by atoms with Gasteiger partial charge in [-0.15, -0.1) is 0 Å². The number of carbonyl (C=O) groups is 3. The Bertz CT molecular complexity index is 1170. The lowest BCUT2D eigenvalue weighted by Gasteiger charge is -2.42. The van der Waals surface area contributed by atoms with Crippen LogP contribution in [0.25, 0.3) is 0 Å². The largest absolute Gasteiger partial charge is 0.450 e. The maximum atomic E-state index is 14.8. The minimum atomic E-state index is -0.854. The molecule has 0 N–H and O–H groups in total. The number of ether oxygens (including phenoxy) is 2. The molecule has 2 heterocycles. The first kappa shape index (κ1) is 29.4. The highest BCUT2D eigenvalue weighted by molar-refractivity contribution is 5.84. The molecule has 2 aliphatic heterocycles. The van der Waals surface area contributed by atoms with Gasteiger partial charge in [0.1, 0.15) is 29.1 Å². The highest BCUT2D eigenvalue weighted by atomic mass is 19.1. The van der Waals surface area contributed by atoms with Crippen molar-refractivity contribution in [1.29, 1.82) is 0 Å². The van der Waals surface area contributed by atoms with Crippen molar-refractivity contribution in [2.75, 3.05) is 26.3 Å². The van der Waals surface area contributed by atoms with Crippen LogP contribution in [0.3, 0.4) is 0 Å². The molecule has 216 valence electrons. The maximum Gasteiger partial charge on any atom is 0.410 e. The fourth-order valence-electron chi connectivity index (χ4n) is 5.76. The fourth-order valence-corrected chi connectivity index (χ4v) is 5.76. The second-order valence-electron chi connectivity index (χ2n) is 9.99. The van der Waals surface area contributed by atoms with Crippen LogP contribution in [0.5, 0.6) is 0 Å². The Morgan fingerprint density at radius 3 is 1.48 bits per heavy atom. The zero-order valence-electron chi connectivity index (χ0n) is 22.4. The Hall–Kier alpha value is -3.63. The number of ketones is 1. The van der Waals surface area contributed by atoms with E-state index in [1.807, 2.05) is 0 Å². The Kier molecular flexibility index (Phi) is 9.32. The summed E-state index contributed by atoms with van der Waals surface area (Å²) in [7, 11) is 0. The minimum absolute atomic E-state index is 0.0790. The Morgan fingerprint density at radius 2 is 1.12 bits per heavy atom. The summed E-state index contributed by atoms with van der Waals surface area (Å²) in [5.41, 5.74) is 0.158. The van der Waals surface area contributed by atoms with Gasteiger partial charge >= 0.3 is 12.2 Å². The van der Waals surface area contributed by atoms with Gasteiger partial charge < -0.3 is 19.3 Å². The van der Waals surface area contributed by atoms with Gasteiger partial charge in [0.2, 0.25) is 0 Å². The number of amides is 2. The molecule has 2 aliphatic rings. The van der Waals surface area contributed by atoms with E-state index < -0.39 is 59.4 Å². The number of nitrogens with zero attached hydrogens (tertiary/aromatic N) is 2. The van der Waals surface area contributed by atoms with Crippen LogP contribution >= 0.6 is 0 Å². The fraction of sp³-hybridized carbons (Fsp3) is 0.483. The van der Waals surface area contributed by atoms with Crippen molar-refractivity contribution in [3.8, 4) is 0 Å². The molecule has 0 bridgehead atoms. The van der Waals surface area contributed by atoms with E-state index in [1.165, 1.54) is 21.9 Å². The van der Waals surface area contributed by atoms with Gasteiger partial charge in [-0.3, -0.25) is 4.79 Å². The van der Waals surface area contributed by atoms with Gasteiger partial charge in [0.15, 0.2) is 0 Å². The van der Waals surface area contributed by atoms with Gasteiger partial charge in [0.05, 0.1) is 25.3 Å². The molecule has 2 aromatic carbocycles. The molecule has 7 nitrogen and oxygen atoms in total. The predicted molar refractivity (Wildman–Crippen MR) is 136 cm³/mol. The highest BCUT2D eigenvalue weighted by Crippen LogP contribution is 2.42. The third kappa shape index (κ3) is 6.23. The second-order valence-corrected chi connectivity index (χ2v) is 9.99. The summed E-state index contributed by atoms with van der Waals surface area (Å²) in [6.45, 7) is 3.74. The Balaban J connectivity index is 1.59. The molecule has 0 aromatic heterocycles. The first-order valence-electron chi connectivity index (χ1n) is 13.4. The van der Waals surface area contributed by atoms with Gasteiger partial charge in [-0.25, -0.2) is 27.2 Å². The van der Waals surface area contributed by atoms with Crippen LogP contribution in [0.2, 0.25) is 0 Å². The molecule has 0 aliphatic carbocycles. The highest BCUT2D eigenvalue weighted by Gasteiger charge is 2.43. The lowest BCUT2D eigenvalue weighted by molar-refractivity contribution is -0.131. The molecule has 40 heavy (non-hydrogen) atoms. The van der Waals surface area contributed by atoms with Crippen molar-refractivity contribution in [3.05, 3.63) is 70.8 Å². The van der Waals surface area contributed by atoms with Crippen molar-refractivity contribution in [2.24, 2.45) is 11.8 Å². The average Bonchev–Trinajstić information content (AvgIpc) is 2.92. The third-order valence-electron chi connectivity index (χ3n) is 7.66. The zero-order chi connectivity index (χ0) is 29.0. The quantitative estimate of drug-likeness (QED) is 0.383. The number of rotatable bonds is 6. The van der Waals surface area contributed by atoms with E-state index in [2.05, 4.69) is 0 Å². The molecule has 4 rings (SSSR count). The van der Waals surface area contributed by atoms with Crippen LogP contribution in [0.15, 0.2) is 36.4 Å². The van der Waals surface area contributed by atoms with Crippen molar-refractivity contribution in [3.63, 3.8) is 0 Å². The van der Waals surface area contributed by atoms with E-state index in [-0.39, 0.29) is 56.1 Å². The number of likely N-dealkylation sites (tertiary alicyclic amines) is 2. The summed E-state index contributed by atoms with van der Waals surface area (Å²) >= 11 is 0. The molecule has 0 spiro atoms. The lowest BCUT2D eigenvalue weighted by Crippen LogP contribution is -2.47. The van der Waals surface area contributed by atoms with Gasteiger partial charge in [0, 0.05) is 48.2 Å². The van der Waals surface area contributed by atoms with E-state index in [0.29, 0.717) is 12.8 Å². The van der Waals surface area contributed by atoms with Gasteiger partial charge in [-0.1, -0.05) is 12.1 Å². The SMILES string of the molecule is CCOC(=O)N1CCC(C(=O)C2CCN(C(=O)OCC)C(c3ccc(F)cc3F)C2)CC1c1ccc(F)cc1F. The van der Waals surface area contributed by atoms with E-state index in [1.54, 1.807) is 13.8 Å². The molecule has 2 fully saturated rings. The number of benzene rings is 2. The van der Waals surface area contributed by atoms with Crippen LogP contribution in [0, 0.1) is 35.1 Å². The first-order chi connectivity index (χ1) is 19.1. The summed E-state index contributed by atoms with van der Waals surface area (Å²) in [6, 6.07) is 4.48. The number of Topliss-reactive ketones (excluding diaryl/α,β-unsaturated/α-hetero) is 1. The smallest absolute Gasteiger partial charge is 0.410 e. The second kappa shape index (κ2) is 12.7. The number of hydrogen-bond acceptors (Lipinski definition) is 5. The Labute approximate surface area is 230 Å². The van der Waals surface area contributed by atoms with Gasteiger partial charge in [0.25, 0.3) is 0 Å². The van der Waals surface area contributed by atoms with Crippen LogP contribution < -0.4 is 0 Å². The van der Waals surface area contributed by atoms with Gasteiger partial charge in [-0.2, -0.15) is 0 Å². The van der Waals surface area contributed by atoms with E-state index in [9.17, 15) is 31.9 Å². The monoisotopic (exact) mass is 564 g/mol. The van der Waals surface area contributed by atoms with Crippen molar-refractivity contribution in [2.45, 2.75) is 51.6 Å². The number of carbonyl (C=O) groups excluding carboxylic acids is 3. The van der Waals surface area contributed by atoms with Crippen molar-refractivity contribution >= 4 is 18.0 Å². The molecule has 4 atom stereocenters. The lowest BCUT2D eigenvalue weighted by atomic mass is 9.76. The van der Waals surface area contributed by atoms with Crippen molar-refractivity contribution < 1.29 is 41.4 Å². The van der Waals surface area contributed by atoms with Crippen LogP contribution in [-0.2, 0) is 14.3 Å². The average molecular weight is 565 g/mol. The summed E-state index contributed by atoms with van der Waals surface area (Å²) in [5.74, 6) is -4.48. The number of halogens is 4. The van der Waals surface area contributed by atoms with Gasteiger partial charge in [-0.05, 0) is 51.7 Å². The summed E-state index contributed by atoms with van der Waals surface area (Å²) < 4.78 is 67.1. The Morgan fingerprint density at radius 1 is 0.725 bits per heavy atom. The molecule has 2 aromatic rings. The molecular formula is C29H32F4N2O5. The standard InChI is InChI=1S/C29H32F4N2O5/c1-3-39-28(37)34-11-9-17(13-25(34)21-7-5-19(30)15-23(21)32)27(36)18-10-12-35(29(38)40-4-2)26(14-18)22-8-6-20(31)16-24(22)33/h5-8,15-18,25-26H,3-4,9-14H2,1-2H3. The maximum absolute atomic E-state index is 14.8. The van der Waals surface area contributed by atoms with E-state index in [4.69, 9.17) is 9.47 Å². The summed E-state index contributed by atoms with van der Waals surface area (Å²) in [4.78, 5) is 41.8.